The summed E-state index contributed by atoms with van der Waals surface area (Å²) in [5, 5.41) is 15.5. The average Bonchev–Trinajstić information content (AvgIpc) is 2.47. The van der Waals surface area contributed by atoms with Crippen LogP contribution in [0.15, 0.2) is 16.6 Å². The minimum absolute atomic E-state index is 0.0526. The highest BCUT2D eigenvalue weighted by atomic mass is 79.9. The second-order valence-electron chi connectivity index (χ2n) is 4.38. The molecule has 21 heavy (non-hydrogen) atoms. The van der Waals surface area contributed by atoms with E-state index >= 15 is 0 Å². The van der Waals surface area contributed by atoms with Crippen LogP contribution in [0.2, 0.25) is 0 Å². The molecule has 118 valence electrons. The Morgan fingerprint density at radius 3 is 2.81 bits per heavy atom. The molecular formula is C14H21BrN2O4. The van der Waals surface area contributed by atoms with Gasteiger partial charge in [0, 0.05) is 20.1 Å². The zero-order valence-corrected chi connectivity index (χ0v) is 13.8. The van der Waals surface area contributed by atoms with Crippen LogP contribution in [0.4, 0.5) is 0 Å². The fraction of sp³-hybridized carbons (Fsp3) is 0.500. The molecule has 0 bridgehead atoms. The van der Waals surface area contributed by atoms with Gasteiger partial charge in [-0.15, -0.1) is 0 Å². The van der Waals surface area contributed by atoms with Gasteiger partial charge in [-0.25, -0.2) is 0 Å². The third kappa shape index (κ3) is 6.33. The first-order valence-electron chi connectivity index (χ1n) is 6.60. The Balaban J connectivity index is 2.33. The second kappa shape index (κ2) is 9.59. The predicted molar refractivity (Wildman–Crippen MR) is 83.6 cm³/mol. The van der Waals surface area contributed by atoms with Crippen LogP contribution in [0.25, 0.3) is 0 Å². The minimum atomic E-state index is -0.0526. The lowest BCUT2D eigenvalue weighted by atomic mass is 10.1. The van der Waals surface area contributed by atoms with Crippen LogP contribution in [0.5, 0.6) is 11.5 Å². The first-order chi connectivity index (χ1) is 10.1. The highest BCUT2D eigenvalue weighted by Crippen LogP contribution is 2.31. The largest absolute Gasteiger partial charge is 0.507 e. The maximum Gasteiger partial charge on any atom is 0.223 e. The van der Waals surface area contributed by atoms with E-state index in [0.29, 0.717) is 42.9 Å². The van der Waals surface area contributed by atoms with E-state index in [4.69, 9.17) is 9.47 Å². The van der Waals surface area contributed by atoms with E-state index in [-0.39, 0.29) is 11.7 Å². The maximum atomic E-state index is 11.3. The van der Waals surface area contributed by atoms with E-state index in [1.54, 1.807) is 26.4 Å². The molecule has 0 aliphatic carbocycles. The molecule has 0 fully saturated rings. The standard InChI is InChI=1S/C14H21BrN2O4/c1-20-6-4-14(19)17-9-16-5-3-10-7-12(18)11(15)8-13(10)21-2/h7-8,16,18H,3-6,9H2,1-2H3,(H,17,19). The van der Waals surface area contributed by atoms with Crippen LogP contribution < -0.4 is 15.4 Å². The van der Waals surface area contributed by atoms with Gasteiger partial charge in [0.15, 0.2) is 0 Å². The first-order valence-corrected chi connectivity index (χ1v) is 7.39. The molecule has 1 amide bonds. The van der Waals surface area contributed by atoms with Crippen molar-refractivity contribution in [1.29, 1.82) is 0 Å². The number of carbonyl (C=O) groups excluding carboxylic acids is 1. The number of carbonyl (C=O) groups is 1. The van der Waals surface area contributed by atoms with Crippen LogP contribution in [0.1, 0.15) is 12.0 Å². The van der Waals surface area contributed by atoms with Gasteiger partial charge in [-0.2, -0.15) is 0 Å². The van der Waals surface area contributed by atoms with Crippen molar-refractivity contribution in [3.63, 3.8) is 0 Å². The number of aromatic hydroxyl groups is 1. The Labute approximate surface area is 133 Å². The zero-order valence-electron chi connectivity index (χ0n) is 12.2. The molecule has 0 unspecified atom stereocenters. The van der Waals surface area contributed by atoms with Crippen LogP contribution in [0, 0.1) is 0 Å². The Kier molecular flexibility index (Phi) is 8.11. The molecule has 1 aromatic rings. The topological polar surface area (TPSA) is 79.8 Å². The predicted octanol–water partition coefficient (Wildman–Crippen LogP) is 1.41. The summed E-state index contributed by atoms with van der Waals surface area (Å²) in [5.41, 5.74) is 0.899. The van der Waals surface area contributed by atoms with Gasteiger partial charge in [0.25, 0.3) is 0 Å². The van der Waals surface area contributed by atoms with E-state index in [1.807, 2.05) is 0 Å². The summed E-state index contributed by atoms with van der Waals surface area (Å²) in [7, 11) is 3.15. The summed E-state index contributed by atoms with van der Waals surface area (Å²) in [5.74, 6) is 0.840. The van der Waals surface area contributed by atoms with Gasteiger partial charge in [-0.1, -0.05) is 0 Å². The van der Waals surface area contributed by atoms with Crippen molar-refractivity contribution in [2.24, 2.45) is 0 Å². The van der Waals surface area contributed by atoms with Gasteiger partial charge in [0.1, 0.15) is 11.5 Å². The van der Waals surface area contributed by atoms with E-state index in [2.05, 4.69) is 26.6 Å². The maximum absolute atomic E-state index is 11.3. The summed E-state index contributed by atoms with van der Waals surface area (Å²) in [6, 6.07) is 3.40. The molecule has 0 aromatic heterocycles. The van der Waals surface area contributed by atoms with Crippen LogP contribution >= 0.6 is 15.9 Å². The molecule has 3 N–H and O–H groups in total. The quantitative estimate of drug-likeness (QED) is 0.458. The van der Waals surface area contributed by atoms with Gasteiger partial charge >= 0.3 is 0 Å². The van der Waals surface area contributed by atoms with Crippen molar-refractivity contribution < 1.29 is 19.4 Å². The minimum Gasteiger partial charge on any atom is -0.507 e. The SMILES string of the molecule is COCCC(=O)NCNCCc1cc(O)c(Br)cc1OC. The average molecular weight is 361 g/mol. The smallest absolute Gasteiger partial charge is 0.223 e. The molecule has 6 nitrogen and oxygen atoms in total. The normalized spacial score (nSPS) is 10.4. The second-order valence-corrected chi connectivity index (χ2v) is 5.24. The highest BCUT2D eigenvalue weighted by molar-refractivity contribution is 9.10. The number of ether oxygens (including phenoxy) is 2. The lowest BCUT2D eigenvalue weighted by molar-refractivity contribution is -0.122. The van der Waals surface area contributed by atoms with Gasteiger partial charge in [-0.3, -0.25) is 10.1 Å². The van der Waals surface area contributed by atoms with Crippen molar-refractivity contribution in [1.82, 2.24) is 10.6 Å². The number of halogens is 1. The molecule has 0 heterocycles. The number of rotatable bonds is 9. The summed E-state index contributed by atoms with van der Waals surface area (Å²) < 4.78 is 10.7. The lowest BCUT2D eigenvalue weighted by Crippen LogP contribution is -2.35. The molecule has 0 radical (unpaired) electrons. The fourth-order valence-electron chi connectivity index (χ4n) is 1.73. The third-order valence-electron chi connectivity index (χ3n) is 2.86. The fourth-order valence-corrected chi connectivity index (χ4v) is 2.05. The number of benzene rings is 1. The van der Waals surface area contributed by atoms with E-state index in [1.165, 1.54) is 0 Å². The van der Waals surface area contributed by atoms with E-state index < -0.39 is 0 Å². The molecule has 0 spiro atoms. The monoisotopic (exact) mass is 360 g/mol. The van der Waals surface area contributed by atoms with Crippen molar-refractivity contribution in [2.75, 3.05) is 34.0 Å². The van der Waals surface area contributed by atoms with E-state index in [0.717, 1.165) is 5.56 Å². The number of nitrogens with one attached hydrogen (secondary N) is 2. The number of phenols is 1. The Morgan fingerprint density at radius 1 is 1.38 bits per heavy atom. The summed E-state index contributed by atoms with van der Waals surface area (Å²) >= 11 is 3.25. The Morgan fingerprint density at radius 2 is 2.14 bits per heavy atom. The van der Waals surface area contributed by atoms with Gasteiger partial charge in [0.2, 0.25) is 5.91 Å². The molecule has 1 aromatic carbocycles. The lowest BCUT2D eigenvalue weighted by Gasteiger charge is -2.11. The van der Waals surface area contributed by atoms with Crippen LogP contribution in [-0.2, 0) is 16.0 Å². The molecular weight excluding hydrogens is 340 g/mol. The van der Waals surface area contributed by atoms with Gasteiger partial charge in [-0.05, 0) is 40.0 Å². The molecule has 0 atom stereocenters. The summed E-state index contributed by atoms with van der Waals surface area (Å²) in [4.78, 5) is 11.3. The molecule has 0 saturated heterocycles. The summed E-state index contributed by atoms with van der Waals surface area (Å²) in [6.07, 6.45) is 1.03. The number of amides is 1. The van der Waals surface area contributed by atoms with Crippen LogP contribution in [-0.4, -0.2) is 45.1 Å². The Hall–Kier alpha value is -1.31. The molecule has 0 aliphatic rings. The molecule has 0 aliphatic heterocycles. The number of methoxy groups -OCH3 is 2. The van der Waals surface area contributed by atoms with Gasteiger partial charge < -0.3 is 19.9 Å². The first kappa shape index (κ1) is 17.7. The Bertz CT molecular complexity index is 469. The van der Waals surface area contributed by atoms with E-state index in [9.17, 15) is 9.90 Å². The molecule has 7 heteroatoms. The third-order valence-corrected chi connectivity index (χ3v) is 3.50. The van der Waals surface area contributed by atoms with Crippen molar-refractivity contribution >= 4 is 21.8 Å². The van der Waals surface area contributed by atoms with Crippen molar-refractivity contribution in [3.8, 4) is 11.5 Å². The number of hydrogen-bond acceptors (Lipinski definition) is 5. The molecule has 0 saturated carbocycles. The molecule has 1 rings (SSSR count). The number of hydrogen-bond donors (Lipinski definition) is 3. The zero-order chi connectivity index (χ0) is 15.7. The van der Waals surface area contributed by atoms with Gasteiger partial charge in [0.05, 0.1) is 24.9 Å². The number of phenolic OH excluding ortho intramolecular Hbond substituents is 1. The highest BCUT2D eigenvalue weighted by Gasteiger charge is 2.08. The van der Waals surface area contributed by atoms with Crippen molar-refractivity contribution in [2.45, 2.75) is 12.8 Å². The van der Waals surface area contributed by atoms with Crippen molar-refractivity contribution in [3.05, 3.63) is 22.2 Å². The summed E-state index contributed by atoms with van der Waals surface area (Å²) in [6.45, 7) is 1.47. The van der Waals surface area contributed by atoms with Crippen LogP contribution in [0.3, 0.4) is 0 Å².